The standard InChI is InChI=1S/C26H33F.C23H28O2.C17H26.4H2/c1-18-3-7-20(8-4-18)21-11-13-23(14-12-21)25-16-15-24(17-26(25)27)22-9-5-19(2)6-10-22;1-15-5-7-19(8-6-15)20-9-11-21(12-10-20)23(24)25-22-13-16(2)18(4)17(3)14-22;1-12-5-7-16(8-6-12)11-17-9-13(2)15(4)14(3)10-17;;;;/h11-20,22H,3-10H2,1-2H3;9-15,19H,5-8H2,1-4H3;9-10,12,16H,5-8,11H2,1-4H3;4*1H. The molecule has 4 fully saturated rings. The summed E-state index contributed by atoms with van der Waals surface area (Å²) in [4.78, 5) is 12.4. The van der Waals surface area contributed by atoms with Crippen molar-refractivity contribution in [1.29, 1.82) is 0 Å². The molecule has 5 aromatic carbocycles. The van der Waals surface area contributed by atoms with Crippen LogP contribution >= 0.6 is 0 Å². The van der Waals surface area contributed by atoms with Gasteiger partial charge in [-0.05, 0) is 238 Å². The molecular weight excluding hydrogens is 844 g/mol. The van der Waals surface area contributed by atoms with Crippen LogP contribution in [-0.4, -0.2) is 5.97 Å². The first-order valence-electron chi connectivity index (χ1n) is 27.5. The molecule has 9 rings (SSSR count). The first kappa shape index (κ1) is 52.3. The Kier molecular flexibility index (Phi) is 18.6. The largest absolute Gasteiger partial charge is 0.423 e. The van der Waals surface area contributed by atoms with Crippen LogP contribution < -0.4 is 4.74 Å². The van der Waals surface area contributed by atoms with E-state index in [9.17, 15) is 9.18 Å². The summed E-state index contributed by atoms with van der Waals surface area (Å²) in [5, 5.41) is 0. The molecule has 378 valence electrons. The van der Waals surface area contributed by atoms with Crippen molar-refractivity contribution in [2.24, 2.45) is 29.6 Å². The van der Waals surface area contributed by atoms with Gasteiger partial charge in [-0.3, -0.25) is 0 Å². The minimum absolute atomic E-state index is 0. The molecule has 0 atom stereocenters. The van der Waals surface area contributed by atoms with Gasteiger partial charge in [-0.2, -0.15) is 0 Å². The van der Waals surface area contributed by atoms with Gasteiger partial charge in [0.25, 0.3) is 0 Å². The molecule has 0 aliphatic heterocycles. The molecule has 0 amide bonds. The van der Waals surface area contributed by atoms with Crippen molar-refractivity contribution in [3.05, 3.63) is 158 Å². The molecule has 2 nitrogen and oxygen atoms in total. The summed E-state index contributed by atoms with van der Waals surface area (Å²) in [7, 11) is 0. The second-order valence-corrected chi connectivity index (χ2v) is 23.1. The first-order valence-corrected chi connectivity index (χ1v) is 27.5. The van der Waals surface area contributed by atoms with E-state index in [1.54, 1.807) is 11.6 Å². The molecule has 0 N–H and O–H groups in total. The molecule has 0 heterocycles. The monoisotopic (exact) mass is 939 g/mol. The SMILES string of the molecule is CC1CCC(c2ccc(-c3ccc(C4CCC(C)CC4)cc3F)cc2)CC1.Cc1cc(CC2CCC(C)CC2)cc(C)c1C.Cc1cc(OC(=O)c2ccc(C3CCC(C)CC3)cc2)cc(C)c1C.[HH].[HH].[HH].[HH]. The molecule has 0 radical (unpaired) electrons. The average molecular weight is 939 g/mol. The molecule has 4 saturated carbocycles. The molecule has 4 aliphatic rings. The zero-order chi connectivity index (χ0) is 49.2. The number of benzene rings is 5. The molecular formula is C66H95FO2. The van der Waals surface area contributed by atoms with Gasteiger partial charge in [0, 0.05) is 11.3 Å². The maximum atomic E-state index is 14.9. The minimum Gasteiger partial charge on any atom is -0.423 e. The fraction of sp³-hybridized carbons (Fsp3) is 0.530. The lowest BCUT2D eigenvalue weighted by atomic mass is 9.79. The Morgan fingerprint density at radius 1 is 0.478 bits per heavy atom. The van der Waals surface area contributed by atoms with Crippen molar-refractivity contribution >= 4 is 5.97 Å². The van der Waals surface area contributed by atoms with Gasteiger partial charge in [-0.1, -0.05) is 140 Å². The summed E-state index contributed by atoms with van der Waals surface area (Å²) in [6, 6.07) is 31.3. The molecule has 0 saturated heterocycles. The Balaban J connectivity index is 0.000000288. The summed E-state index contributed by atoms with van der Waals surface area (Å²) in [5.74, 6) is 6.61. The lowest BCUT2D eigenvalue weighted by Gasteiger charge is -2.27. The van der Waals surface area contributed by atoms with E-state index in [1.165, 1.54) is 148 Å². The summed E-state index contributed by atoms with van der Waals surface area (Å²) in [5.41, 5.74) is 15.8. The average Bonchev–Trinajstić information content (AvgIpc) is 3.34. The van der Waals surface area contributed by atoms with Crippen LogP contribution in [0.4, 0.5) is 4.39 Å². The summed E-state index contributed by atoms with van der Waals surface area (Å²) in [6.45, 7) is 22.3. The lowest BCUT2D eigenvalue weighted by molar-refractivity contribution is 0.0734. The molecule has 0 aromatic heterocycles. The summed E-state index contributed by atoms with van der Waals surface area (Å²) >= 11 is 0. The third-order valence-corrected chi connectivity index (χ3v) is 17.6. The Labute approximate surface area is 424 Å². The number of aryl methyl sites for hydroxylation is 4. The third-order valence-electron chi connectivity index (χ3n) is 17.6. The van der Waals surface area contributed by atoms with E-state index >= 15 is 0 Å². The highest BCUT2D eigenvalue weighted by molar-refractivity contribution is 5.91. The molecule has 0 unspecified atom stereocenters. The summed E-state index contributed by atoms with van der Waals surface area (Å²) in [6.07, 6.45) is 22.4. The number of halogens is 1. The van der Waals surface area contributed by atoms with Crippen LogP contribution in [0.3, 0.4) is 0 Å². The highest BCUT2D eigenvalue weighted by Gasteiger charge is 2.24. The van der Waals surface area contributed by atoms with Crippen molar-refractivity contribution in [2.75, 3.05) is 0 Å². The van der Waals surface area contributed by atoms with Gasteiger partial charge < -0.3 is 4.74 Å². The molecule has 5 aromatic rings. The van der Waals surface area contributed by atoms with Gasteiger partial charge in [-0.25, -0.2) is 9.18 Å². The Bertz CT molecular complexity index is 2390. The van der Waals surface area contributed by atoms with E-state index in [1.807, 2.05) is 44.2 Å². The number of esters is 1. The van der Waals surface area contributed by atoms with Crippen LogP contribution in [0.1, 0.15) is 220 Å². The van der Waals surface area contributed by atoms with Crippen LogP contribution in [0.15, 0.2) is 91.0 Å². The maximum absolute atomic E-state index is 14.9. The first-order chi connectivity index (χ1) is 33.1. The van der Waals surface area contributed by atoms with Gasteiger partial charge in [0.05, 0.1) is 5.56 Å². The number of rotatable bonds is 8. The predicted octanol–water partition coefficient (Wildman–Crippen LogP) is 20.2. The van der Waals surface area contributed by atoms with E-state index in [-0.39, 0.29) is 17.5 Å². The van der Waals surface area contributed by atoms with E-state index in [2.05, 4.69) is 110 Å². The molecule has 0 spiro atoms. The Hall–Kier alpha value is -4.50. The van der Waals surface area contributed by atoms with E-state index < -0.39 is 0 Å². The van der Waals surface area contributed by atoms with Crippen LogP contribution in [-0.2, 0) is 6.42 Å². The molecule has 4 aliphatic carbocycles. The molecule has 3 heteroatoms. The van der Waals surface area contributed by atoms with E-state index in [0.29, 0.717) is 29.1 Å². The van der Waals surface area contributed by atoms with Crippen molar-refractivity contribution in [2.45, 2.75) is 196 Å². The number of hydrogen-bond donors (Lipinski definition) is 0. The fourth-order valence-electron chi connectivity index (χ4n) is 12.0. The number of carbonyl (C=O) groups is 1. The van der Waals surface area contributed by atoms with E-state index in [0.717, 1.165) is 51.8 Å². The van der Waals surface area contributed by atoms with Crippen molar-refractivity contribution < 1.29 is 19.6 Å². The number of carbonyl (C=O) groups excluding carboxylic acids is 1. The summed E-state index contributed by atoms with van der Waals surface area (Å²) < 4.78 is 20.4. The quantitative estimate of drug-likeness (QED) is 0.114. The van der Waals surface area contributed by atoms with Crippen LogP contribution in [0.25, 0.3) is 11.1 Å². The topological polar surface area (TPSA) is 26.3 Å². The molecule has 0 bridgehead atoms. The normalized spacial score (nSPS) is 24.8. The Morgan fingerprint density at radius 3 is 1.29 bits per heavy atom. The van der Waals surface area contributed by atoms with Gasteiger partial charge in [0.15, 0.2) is 0 Å². The van der Waals surface area contributed by atoms with Crippen LogP contribution in [0.2, 0.25) is 0 Å². The lowest BCUT2D eigenvalue weighted by Crippen LogP contribution is -2.14. The van der Waals surface area contributed by atoms with Gasteiger partial charge in [-0.15, -0.1) is 0 Å². The minimum atomic E-state index is -0.286. The molecule has 69 heavy (non-hydrogen) atoms. The fourth-order valence-corrected chi connectivity index (χ4v) is 12.0. The van der Waals surface area contributed by atoms with Gasteiger partial charge >= 0.3 is 5.97 Å². The highest BCUT2D eigenvalue weighted by Crippen LogP contribution is 2.40. The van der Waals surface area contributed by atoms with Crippen molar-refractivity contribution in [3.63, 3.8) is 0 Å². The Morgan fingerprint density at radius 2 is 0.855 bits per heavy atom. The van der Waals surface area contributed by atoms with Crippen LogP contribution in [0.5, 0.6) is 5.75 Å². The smallest absolute Gasteiger partial charge is 0.343 e. The number of ether oxygens (including phenoxy) is 1. The zero-order valence-electron chi connectivity index (χ0n) is 44.5. The second-order valence-electron chi connectivity index (χ2n) is 23.1. The maximum Gasteiger partial charge on any atom is 0.343 e. The van der Waals surface area contributed by atoms with Crippen LogP contribution in [0, 0.1) is 76.9 Å². The van der Waals surface area contributed by atoms with Crippen molar-refractivity contribution in [3.8, 4) is 16.9 Å². The number of hydrogen-bond acceptors (Lipinski definition) is 2. The highest BCUT2D eigenvalue weighted by atomic mass is 19.1. The van der Waals surface area contributed by atoms with Gasteiger partial charge in [0.2, 0.25) is 0 Å². The predicted molar refractivity (Wildman–Crippen MR) is 299 cm³/mol. The second kappa shape index (κ2) is 24.6. The van der Waals surface area contributed by atoms with Crippen molar-refractivity contribution in [1.82, 2.24) is 0 Å². The van der Waals surface area contributed by atoms with Gasteiger partial charge in [0.1, 0.15) is 11.6 Å². The zero-order valence-corrected chi connectivity index (χ0v) is 44.5. The third kappa shape index (κ3) is 14.5. The van der Waals surface area contributed by atoms with E-state index in [4.69, 9.17) is 4.74 Å².